The van der Waals surface area contributed by atoms with Crippen LogP contribution in [0.4, 0.5) is 4.79 Å². The standard InChI is InChI=1S/C46H58Cl3NO7S/c1-32(28-40(44(3,4)5)57-42(53)34-17-15-16-18-34)27-39(56-43(54)55-31-45(47,48)49)29-41(52)50-38(26-25-33(2)51)30-58-46(35-19-9-6-10-20-35,36-21-11-7-12-22-36)37-23-13-8-14-24-37/h6-14,19-24,32,34,38-40H,15-18,25-31H2,1-5H3,(H,50,52)/t32-,38-,39-,40?/m0/s1. The number of ether oxygens (including phenoxy) is 3. The zero-order valence-corrected chi connectivity index (χ0v) is 37.3. The molecule has 1 aliphatic rings. The fourth-order valence-electron chi connectivity index (χ4n) is 7.43. The Morgan fingerprint density at radius 3 is 1.78 bits per heavy atom. The van der Waals surface area contributed by atoms with Crippen LogP contribution in [0.5, 0.6) is 0 Å². The van der Waals surface area contributed by atoms with Gasteiger partial charge in [-0.25, -0.2) is 4.79 Å². The molecule has 3 aromatic carbocycles. The molecule has 4 rings (SSSR count). The van der Waals surface area contributed by atoms with Gasteiger partial charge in [-0.05, 0) is 67.1 Å². The first-order chi connectivity index (χ1) is 27.5. The average molecular weight is 875 g/mol. The summed E-state index contributed by atoms with van der Waals surface area (Å²) < 4.78 is 14.4. The zero-order valence-electron chi connectivity index (χ0n) is 34.2. The lowest BCUT2D eigenvalue weighted by atomic mass is 9.82. The summed E-state index contributed by atoms with van der Waals surface area (Å²) in [5.74, 6) is -0.266. The van der Waals surface area contributed by atoms with Gasteiger partial charge in [0.25, 0.3) is 0 Å². The van der Waals surface area contributed by atoms with E-state index in [0.717, 1.165) is 42.4 Å². The number of nitrogens with one attached hydrogen (secondary N) is 1. The van der Waals surface area contributed by atoms with Gasteiger partial charge in [0.15, 0.2) is 0 Å². The van der Waals surface area contributed by atoms with E-state index in [1.54, 1.807) is 11.8 Å². The minimum Gasteiger partial charge on any atom is -0.462 e. The van der Waals surface area contributed by atoms with Crippen LogP contribution >= 0.6 is 46.6 Å². The number of Topliss-reactive ketones (excluding diaryl/α,β-unsaturated/α-hetero) is 1. The van der Waals surface area contributed by atoms with Crippen LogP contribution < -0.4 is 5.32 Å². The van der Waals surface area contributed by atoms with Crippen LogP contribution in [0.1, 0.15) is 109 Å². The molecule has 1 unspecified atom stereocenters. The van der Waals surface area contributed by atoms with Gasteiger partial charge >= 0.3 is 12.1 Å². The molecule has 1 amide bonds. The lowest BCUT2D eigenvalue weighted by molar-refractivity contribution is -0.161. The summed E-state index contributed by atoms with van der Waals surface area (Å²) in [5.41, 5.74) is 2.88. The van der Waals surface area contributed by atoms with E-state index in [9.17, 15) is 19.2 Å². The Morgan fingerprint density at radius 2 is 1.31 bits per heavy atom. The fourth-order valence-corrected chi connectivity index (χ4v) is 9.21. The van der Waals surface area contributed by atoms with Crippen molar-refractivity contribution >= 4 is 70.4 Å². The lowest BCUT2D eigenvalue weighted by Gasteiger charge is -2.37. The van der Waals surface area contributed by atoms with E-state index in [0.29, 0.717) is 18.6 Å². The van der Waals surface area contributed by atoms with E-state index in [2.05, 4.69) is 41.7 Å². The molecular weight excluding hydrogens is 817 g/mol. The van der Waals surface area contributed by atoms with Crippen LogP contribution in [0.3, 0.4) is 0 Å². The summed E-state index contributed by atoms with van der Waals surface area (Å²) in [6.45, 7) is 9.07. The quantitative estimate of drug-likeness (QED) is 0.0679. The van der Waals surface area contributed by atoms with Gasteiger partial charge < -0.3 is 24.3 Å². The van der Waals surface area contributed by atoms with Crippen molar-refractivity contribution in [2.45, 2.75) is 119 Å². The van der Waals surface area contributed by atoms with Crippen LogP contribution in [-0.2, 0) is 33.3 Å². The molecule has 0 aromatic heterocycles. The monoisotopic (exact) mass is 873 g/mol. The molecule has 58 heavy (non-hydrogen) atoms. The first-order valence-corrected chi connectivity index (χ1v) is 22.3. The largest absolute Gasteiger partial charge is 0.508 e. The number of benzene rings is 3. The van der Waals surface area contributed by atoms with Gasteiger partial charge in [-0.2, -0.15) is 0 Å². The minimum absolute atomic E-state index is 0.0125. The van der Waals surface area contributed by atoms with E-state index in [1.165, 1.54) is 6.92 Å². The molecule has 0 aliphatic heterocycles. The van der Waals surface area contributed by atoms with E-state index in [-0.39, 0.29) is 54.2 Å². The van der Waals surface area contributed by atoms with Crippen molar-refractivity contribution in [2.24, 2.45) is 17.3 Å². The molecule has 0 heterocycles. The molecule has 4 atom stereocenters. The summed E-state index contributed by atoms with van der Waals surface area (Å²) in [4.78, 5) is 52.3. The Morgan fingerprint density at radius 1 is 0.793 bits per heavy atom. The van der Waals surface area contributed by atoms with Crippen molar-refractivity contribution in [3.63, 3.8) is 0 Å². The smallest absolute Gasteiger partial charge is 0.462 e. The van der Waals surface area contributed by atoms with E-state index in [1.807, 2.05) is 82.3 Å². The first-order valence-electron chi connectivity index (χ1n) is 20.2. The maximum atomic E-state index is 14.0. The molecule has 1 N–H and O–H groups in total. The Kier molecular flexibility index (Phi) is 18.3. The molecule has 12 heteroatoms. The molecule has 1 fully saturated rings. The van der Waals surface area contributed by atoms with Crippen LogP contribution in [-0.4, -0.2) is 58.2 Å². The van der Waals surface area contributed by atoms with Crippen molar-refractivity contribution in [1.29, 1.82) is 0 Å². The van der Waals surface area contributed by atoms with Gasteiger partial charge in [0.1, 0.15) is 24.6 Å². The molecule has 8 nitrogen and oxygen atoms in total. The molecule has 3 aromatic rings. The van der Waals surface area contributed by atoms with Gasteiger partial charge in [0, 0.05) is 18.2 Å². The van der Waals surface area contributed by atoms with Gasteiger partial charge in [0.05, 0.1) is 17.1 Å². The number of hydrogen-bond acceptors (Lipinski definition) is 8. The summed E-state index contributed by atoms with van der Waals surface area (Å²) in [6, 6.07) is 30.4. The Labute approximate surface area is 363 Å². The number of amides is 1. The van der Waals surface area contributed by atoms with Crippen molar-refractivity contribution in [3.05, 3.63) is 108 Å². The second-order valence-corrected chi connectivity index (χ2v) is 20.3. The Hall–Kier alpha value is -3.24. The molecule has 1 aliphatic carbocycles. The third kappa shape index (κ3) is 15.1. The van der Waals surface area contributed by atoms with Gasteiger partial charge in [0.2, 0.25) is 9.70 Å². The Balaban J connectivity index is 1.56. The Bertz CT molecular complexity index is 1650. The molecule has 0 spiro atoms. The van der Waals surface area contributed by atoms with Crippen molar-refractivity contribution in [1.82, 2.24) is 5.32 Å². The fraction of sp³-hybridized carbons (Fsp3) is 0.522. The number of esters is 1. The number of thioether (sulfide) groups is 1. The molecule has 1 saturated carbocycles. The van der Waals surface area contributed by atoms with E-state index in [4.69, 9.17) is 49.0 Å². The highest BCUT2D eigenvalue weighted by atomic mass is 35.6. The number of carbonyl (C=O) groups is 4. The number of ketones is 1. The number of halogens is 3. The molecule has 0 bridgehead atoms. The lowest BCUT2D eigenvalue weighted by Crippen LogP contribution is -2.41. The molecule has 0 saturated heterocycles. The van der Waals surface area contributed by atoms with Crippen molar-refractivity contribution in [2.75, 3.05) is 12.4 Å². The highest BCUT2D eigenvalue weighted by molar-refractivity contribution is 8.00. The predicted octanol–water partition coefficient (Wildman–Crippen LogP) is 11.4. The van der Waals surface area contributed by atoms with E-state index < -0.39 is 39.6 Å². The number of hydrogen-bond donors (Lipinski definition) is 1. The number of carbonyl (C=O) groups excluding carboxylic acids is 4. The molecule has 0 radical (unpaired) electrons. The van der Waals surface area contributed by atoms with Crippen LogP contribution in [0.2, 0.25) is 0 Å². The third-order valence-electron chi connectivity index (χ3n) is 10.5. The van der Waals surface area contributed by atoms with Gasteiger partial charge in [-0.3, -0.25) is 9.59 Å². The highest BCUT2D eigenvalue weighted by Crippen LogP contribution is 2.49. The SMILES string of the molecule is CC(=O)CC[C@@H](CSC(c1ccccc1)(c1ccccc1)c1ccccc1)NC(=O)C[C@H](C[C@H](C)CC(OC(=O)C1CCCC1)C(C)(C)C)OC(=O)OCC(Cl)(Cl)Cl. The van der Waals surface area contributed by atoms with Crippen LogP contribution in [0.25, 0.3) is 0 Å². The summed E-state index contributed by atoms with van der Waals surface area (Å²) in [6.07, 6.45) is 2.60. The highest BCUT2D eigenvalue weighted by Gasteiger charge is 2.38. The maximum absolute atomic E-state index is 14.0. The average Bonchev–Trinajstić information content (AvgIpc) is 3.72. The summed E-state index contributed by atoms with van der Waals surface area (Å²) in [7, 11) is 0. The van der Waals surface area contributed by atoms with Crippen LogP contribution in [0.15, 0.2) is 91.0 Å². The number of alkyl halides is 3. The van der Waals surface area contributed by atoms with Crippen molar-refractivity contribution < 1.29 is 33.4 Å². The minimum atomic E-state index is -1.85. The first kappa shape index (κ1) is 47.4. The maximum Gasteiger partial charge on any atom is 0.508 e. The summed E-state index contributed by atoms with van der Waals surface area (Å²) >= 11 is 19.2. The second kappa shape index (κ2) is 22.4. The van der Waals surface area contributed by atoms with Gasteiger partial charge in [-0.1, -0.05) is 166 Å². The third-order valence-corrected chi connectivity index (χ3v) is 12.5. The normalized spacial score (nSPS) is 15.8. The van der Waals surface area contributed by atoms with Crippen molar-refractivity contribution in [3.8, 4) is 0 Å². The number of rotatable bonds is 20. The predicted molar refractivity (Wildman–Crippen MR) is 234 cm³/mol. The zero-order chi connectivity index (χ0) is 42.3. The summed E-state index contributed by atoms with van der Waals surface area (Å²) in [5, 5.41) is 3.18. The van der Waals surface area contributed by atoms with Gasteiger partial charge in [-0.15, -0.1) is 11.8 Å². The topological polar surface area (TPSA) is 108 Å². The molecular formula is C46H58Cl3NO7S. The van der Waals surface area contributed by atoms with E-state index >= 15 is 0 Å². The second-order valence-electron chi connectivity index (χ2n) is 16.5. The van der Waals surface area contributed by atoms with Crippen LogP contribution in [0, 0.1) is 17.3 Å². The molecule has 316 valence electrons.